The molecule has 2 atom stereocenters. The fourth-order valence-electron chi connectivity index (χ4n) is 2.20. The average molecular weight is 286 g/mol. The van der Waals surface area contributed by atoms with Gasteiger partial charge in [0.05, 0.1) is 11.1 Å². The van der Waals surface area contributed by atoms with Crippen molar-refractivity contribution in [1.82, 2.24) is 10.3 Å². The molecule has 1 amide bonds. The Bertz CT molecular complexity index is 664. The molecule has 1 aromatic carbocycles. The normalized spacial score (nSPS) is 13.6. The summed E-state index contributed by atoms with van der Waals surface area (Å²) in [6, 6.07) is 7.99. The van der Waals surface area contributed by atoms with E-state index in [1.165, 1.54) is 0 Å². The molecule has 0 unspecified atom stereocenters. The van der Waals surface area contributed by atoms with Crippen molar-refractivity contribution in [2.24, 2.45) is 5.92 Å². The van der Waals surface area contributed by atoms with Gasteiger partial charge >= 0.3 is 5.97 Å². The van der Waals surface area contributed by atoms with Crippen LogP contribution in [-0.4, -0.2) is 28.0 Å². The third-order valence-electron chi connectivity index (χ3n) is 3.66. The molecule has 1 heterocycles. The van der Waals surface area contributed by atoms with Gasteiger partial charge in [-0.1, -0.05) is 38.5 Å². The number of hydrogen-bond donors (Lipinski definition) is 2. The minimum absolute atomic E-state index is 0.139. The first-order valence-corrected chi connectivity index (χ1v) is 6.92. The molecule has 2 N–H and O–H groups in total. The number of nitrogens with one attached hydrogen (secondary N) is 1. The van der Waals surface area contributed by atoms with Crippen LogP contribution in [0.5, 0.6) is 0 Å². The molecule has 110 valence electrons. The second-order valence-electron chi connectivity index (χ2n) is 5.05. The quantitative estimate of drug-likeness (QED) is 0.885. The molecule has 21 heavy (non-hydrogen) atoms. The lowest BCUT2D eigenvalue weighted by Crippen LogP contribution is -2.45. The van der Waals surface area contributed by atoms with Gasteiger partial charge in [0.2, 0.25) is 0 Å². The summed E-state index contributed by atoms with van der Waals surface area (Å²) in [6.07, 6.45) is 2.23. The Morgan fingerprint density at radius 1 is 1.29 bits per heavy atom. The van der Waals surface area contributed by atoms with Gasteiger partial charge in [-0.25, -0.2) is 4.79 Å². The summed E-state index contributed by atoms with van der Waals surface area (Å²) in [6.45, 7) is 3.71. The van der Waals surface area contributed by atoms with Crippen molar-refractivity contribution in [1.29, 1.82) is 0 Å². The number of fused-ring (bicyclic) bond motifs is 1. The Hall–Kier alpha value is -2.43. The summed E-state index contributed by atoms with van der Waals surface area (Å²) in [7, 11) is 0. The van der Waals surface area contributed by atoms with Crippen LogP contribution in [0.4, 0.5) is 0 Å². The highest BCUT2D eigenvalue weighted by molar-refractivity contribution is 6.06. The number of aromatic nitrogens is 1. The zero-order chi connectivity index (χ0) is 15.4. The lowest BCUT2D eigenvalue weighted by atomic mass is 9.98. The molecule has 0 radical (unpaired) electrons. The maximum absolute atomic E-state index is 12.4. The van der Waals surface area contributed by atoms with Crippen molar-refractivity contribution < 1.29 is 14.7 Å². The second kappa shape index (κ2) is 6.35. The van der Waals surface area contributed by atoms with Crippen LogP contribution >= 0.6 is 0 Å². The zero-order valence-electron chi connectivity index (χ0n) is 12.0. The van der Waals surface area contributed by atoms with Gasteiger partial charge in [-0.2, -0.15) is 0 Å². The van der Waals surface area contributed by atoms with Crippen molar-refractivity contribution in [2.75, 3.05) is 0 Å². The van der Waals surface area contributed by atoms with E-state index in [2.05, 4.69) is 10.3 Å². The number of aliphatic carboxylic acids is 1. The van der Waals surface area contributed by atoms with Gasteiger partial charge in [-0.15, -0.1) is 0 Å². The molecular formula is C16H18N2O3. The molecule has 0 bridgehead atoms. The number of hydrogen-bond acceptors (Lipinski definition) is 3. The number of benzene rings is 1. The fraction of sp³-hybridized carbons (Fsp3) is 0.312. The number of nitrogens with zero attached hydrogens (tertiary/aromatic N) is 1. The van der Waals surface area contributed by atoms with E-state index in [9.17, 15) is 14.7 Å². The molecule has 0 aliphatic rings. The maximum atomic E-state index is 12.4. The lowest BCUT2D eigenvalue weighted by Gasteiger charge is -2.20. The molecule has 5 heteroatoms. The van der Waals surface area contributed by atoms with E-state index >= 15 is 0 Å². The van der Waals surface area contributed by atoms with Crippen molar-refractivity contribution in [3.05, 3.63) is 42.1 Å². The third-order valence-corrected chi connectivity index (χ3v) is 3.66. The molecule has 0 saturated carbocycles. The average Bonchev–Trinajstić information content (AvgIpc) is 2.50. The van der Waals surface area contributed by atoms with Gasteiger partial charge in [-0.3, -0.25) is 9.78 Å². The first-order valence-electron chi connectivity index (χ1n) is 6.92. The molecule has 0 spiro atoms. The minimum atomic E-state index is -1.02. The predicted molar refractivity (Wildman–Crippen MR) is 80.1 cm³/mol. The van der Waals surface area contributed by atoms with Crippen molar-refractivity contribution in [3.8, 4) is 0 Å². The lowest BCUT2D eigenvalue weighted by molar-refractivity contribution is -0.140. The van der Waals surface area contributed by atoms with Crippen LogP contribution in [-0.2, 0) is 4.79 Å². The summed E-state index contributed by atoms with van der Waals surface area (Å²) in [5.74, 6) is -1.54. The Morgan fingerprint density at radius 2 is 2.00 bits per heavy atom. The zero-order valence-corrected chi connectivity index (χ0v) is 12.0. The molecule has 2 rings (SSSR count). The highest BCUT2D eigenvalue weighted by Gasteiger charge is 2.26. The number of para-hydroxylation sites is 1. The van der Waals surface area contributed by atoms with Gasteiger partial charge < -0.3 is 10.4 Å². The molecular weight excluding hydrogens is 268 g/mol. The highest BCUT2D eigenvalue weighted by Crippen LogP contribution is 2.17. The van der Waals surface area contributed by atoms with Gasteiger partial charge in [0, 0.05) is 11.6 Å². The minimum Gasteiger partial charge on any atom is -0.480 e. The van der Waals surface area contributed by atoms with Gasteiger partial charge in [0.1, 0.15) is 6.04 Å². The Labute approximate surface area is 123 Å². The van der Waals surface area contributed by atoms with Crippen LogP contribution in [0, 0.1) is 5.92 Å². The summed E-state index contributed by atoms with van der Waals surface area (Å²) in [5.41, 5.74) is 1.15. The van der Waals surface area contributed by atoms with E-state index in [4.69, 9.17) is 0 Å². The topological polar surface area (TPSA) is 79.3 Å². The smallest absolute Gasteiger partial charge is 0.326 e. The Balaban J connectivity index is 2.32. The van der Waals surface area contributed by atoms with Gasteiger partial charge in [-0.05, 0) is 18.1 Å². The number of carbonyl (C=O) groups is 2. The summed E-state index contributed by atoms with van der Waals surface area (Å²) < 4.78 is 0. The van der Waals surface area contributed by atoms with E-state index in [-0.39, 0.29) is 11.8 Å². The van der Waals surface area contributed by atoms with Gasteiger partial charge in [0.15, 0.2) is 0 Å². The first-order chi connectivity index (χ1) is 10.0. The number of pyridine rings is 1. The van der Waals surface area contributed by atoms with Crippen LogP contribution in [0.25, 0.3) is 10.9 Å². The van der Waals surface area contributed by atoms with Crippen LogP contribution in [0.2, 0.25) is 0 Å². The summed E-state index contributed by atoms with van der Waals surface area (Å²) in [5, 5.41) is 12.6. The Kier molecular flexibility index (Phi) is 4.52. The van der Waals surface area contributed by atoms with E-state index < -0.39 is 12.0 Å². The van der Waals surface area contributed by atoms with E-state index in [0.29, 0.717) is 22.9 Å². The standard InChI is InChI=1S/C16H18N2O3/c1-3-10(2)14(16(20)21)18-15(19)12-8-9-17-13-7-5-4-6-11(12)13/h4-10,14H,3H2,1-2H3,(H,18,19)(H,20,21)/t10-,14+/m1/s1. The number of carboxylic acids is 1. The predicted octanol–water partition coefficient (Wildman–Crippen LogP) is 2.46. The monoisotopic (exact) mass is 286 g/mol. The van der Waals surface area contributed by atoms with Crippen molar-refractivity contribution >= 4 is 22.8 Å². The highest BCUT2D eigenvalue weighted by atomic mass is 16.4. The Morgan fingerprint density at radius 3 is 2.67 bits per heavy atom. The van der Waals surface area contributed by atoms with Crippen LogP contribution in [0.1, 0.15) is 30.6 Å². The number of rotatable bonds is 5. The molecule has 1 aromatic heterocycles. The number of carboxylic acid groups (broad SMARTS) is 1. The number of carbonyl (C=O) groups excluding carboxylic acids is 1. The summed E-state index contributed by atoms with van der Waals surface area (Å²) in [4.78, 5) is 27.9. The first kappa shape index (κ1) is 15.0. The second-order valence-corrected chi connectivity index (χ2v) is 5.05. The molecule has 0 saturated heterocycles. The fourth-order valence-corrected chi connectivity index (χ4v) is 2.20. The summed E-state index contributed by atoms with van der Waals surface area (Å²) >= 11 is 0. The molecule has 0 fully saturated rings. The third kappa shape index (κ3) is 3.18. The van der Waals surface area contributed by atoms with Crippen LogP contribution < -0.4 is 5.32 Å². The van der Waals surface area contributed by atoms with Crippen molar-refractivity contribution in [3.63, 3.8) is 0 Å². The van der Waals surface area contributed by atoms with E-state index in [1.807, 2.05) is 32.0 Å². The molecule has 0 aliphatic carbocycles. The van der Waals surface area contributed by atoms with Gasteiger partial charge in [0.25, 0.3) is 5.91 Å². The molecule has 0 aliphatic heterocycles. The largest absolute Gasteiger partial charge is 0.480 e. The molecule has 2 aromatic rings. The van der Waals surface area contributed by atoms with Crippen LogP contribution in [0.15, 0.2) is 36.5 Å². The SMILES string of the molecule is CC[C@@H](C)[C@H](NC(=O)c1ccnc2ccccc12)C(=O)O. The molecule has 5 nitrogen and oxygen atoms in total. The van der Waals surface area contributed by atoms with E-state index in [0.717, 1.165) is 0 Å². The van der Waals surface area contributed by atoms with Crippen LogP contribution in [0.3, 0.4) is 0 Å². The number of amides is 1. The van der Waals surface area contributed by atoms with E-state index in [1.54, 1.807) is 18.3 Å². The maximum Gasteiger partial charge on any atom is 0.326 e. The van der Waals surface area contributed by atoms with Crippen molar-refractivity contribution in [2.45, 2.75) is 26.3 Å².